The Kier molecular flexibility index (Phi) is 5.04. The van der Waals surface area contributed by atoms with E-state index in [1.54, 1.807) is 4.90 Å². The van der Waals surface area contributed by atoms with Crippen LogP contribution in [0.4, 0.5) is 4.79 Å². The third-order valence-electron chi connectivity index (χ3n) is 4.01. The first-order valence-electron chi connectivity index (χ1n) is 8.38. The molecule has 1 atom stereocenters. The van der Waals surface area contributed by atoms with E-state index in [4.69, 9.17) is 4.74 Å². The van der Waals surface area contributed by atoms with Gasteiger partial charge < -0.3 is 15.0 Å². The van der Waals surface area contributed by atoms with Gasteiger partial charge in [-0.05, 0) is 37.3 Å². The van der Waals surface area contributed by atoms with E-state index in [0.29, 0.717) is 13.1 Å². The first kappa shape index (κ1) is 17.8. The molecular weight excluding hydrogens is 288 g/mol. The van der Waals surface area contributed by atoms with Crippen molar-refractivity contribution >= 4 is 6.09 Å². The van der Waals surface area contributed by atoms with Gasteiger partial charge in [0.2, 0.25) is 0 Å². The Balaban J connectivity index is 2.05. The summed E-state index contributed by atoms with van der Waals surface area (Å²) in [5.41, 5.74) is 2.24. The molecule has 1 aromatic rings. The molecule has 0 bridgehead atoms. The van der Waals surface area contributed by atoms with Crippen molar-refractivity contribution in [2.75, 3.05) is 19.6 Å². The van der Waals surface area contributed by atoms with Crippen molar-refractivity contribution < 1.29 is 9.53 Å². The molecule has 0 aliphatic carbocycles. The van der Waals surface area contributed by atoms with Crippen LogP contribution < -0.4 is 5.32 Å². The average Bonchev–Trinajstić information content (AvgIpc) is 2.45. The highest BCUT2D eigenvalue weighted by Gasteiger charge is 2.28. The summed E-state index contributed by atoms with van der Waals surface area (Å²) >= 11 is 0. The first-order valence-corrected chi connectivity index (χ1v) is 8.38. The lowest BCUT2D eigenvalue weighted by atomic mass is 9.86. The van der Waals surface area contributed by atoms with Crippen LogP contribution in [0, 0.1) is 0 Å². The lowest BCUT2D eigenvalue weighted by molar-refractivity contribution is 0.0195. The van der Waals surface area contributed by atoms with Crippen molar-refractivity contribution in [2.24, 2.45) is 0 Å². The van der Waals surface area contributed by atoms with Crippen molar-refractivity contribution in [1.29, 1.82) is 0 Å². The molecule has 1 aromatic carbocycles. The molecule has 0 spiro atoms. The monoisotopic (exact) mass is 318 g/mol. The normalized spacial score (nSPS) is 19.6. The molecule has 1 aliphatic rings. The molecule has 1 fully saturated rings. The Bertz CT molecular complexity index is 538. The van der Waals surface area contributed by atoms with Crippen LogP contribution in [0.15, 0.2) is 24.3 Å². The van der Waals surface area contributed by atoms with Crippen LogP contribution in [0.3, 0.4) is 0 Å². The second-order valence-corrected chi connectivity index (χ2v) is 8.31. The number of benzene rings is 1. The van der Waals surface area contributed by atoms with Gasteiger partial charge in [-0.1, -0.05) is 45.0 Å². The van der Waals surface area contributed by atoms with Crippen LogP contribution in [0.2, 0.25) is 0 Å². The number of hydrogen-bond donors (Lipinski definition) is 1. The van der Waals surface area contributed by atoms with Crippen LogP contribution >= 0.6 is 0 Å². The SMILES string of the molecule is CC(C)(C)OC(=O)N1CCN[C@@H](c2ccc(C(C)(C)C)cc2)C1. The number of carbonyl (C=O) groups excluding carboxylic acids is 1. The minimum Gasteiger partial charge on any atom is -0.444 e. The van der Waals surface area contributed by atoms with E-state index in [2.05, 4.69) is 50.4 Å². The van der Waals surface area contributed by atoms with Gasteiger partial charge in [0.1, 0.15) is 5.60 Å². The van der Waals surface area contributed by atoms with Crippen molar-refractivity contribution in [3.05, 3.63) is 35.4 Å². The number of piperazine rings is 1. The molecule has 0 aromatic heterocycles. The maximum Gasteiger partial charge on any atom is 0.410 e. The molecule has 2 rings (SSSR count). The van der Waals surface area contributed by atoms with E-state index >= 15 is 0 Å². The van der Waals surface area contributed by atoms with E-state index < -0.39 is 5.60 Å². The largest absolute Gasteiger partial charge is 0.444 e. The van der Waals surface area contributed by atoms with Gasteiger partial charge in [0.15, 0.2) is 0 Å². The fourth-order valence-electron chi connectivity index (χ4n) is 2.68. The van der Waals surface area contributed by atoms with Crippen molar-refractivity contribution in [1.82, 2.24) is 10.2 Å². The highest BCUT2D eigenvalue weighted by Crippen LogP contribution is 2.25. The number of hydrogen-bond acceptors (Lipinski definition) is 3. The van der Waals surface area contributed by atoms with Gasteiger partial charge >= 0.3 is 6.09 Å². The summed E-state index contributed by atoms with van der Waals surface area (Å²) in [5, 5.41) is 3.49. The molecule has 23 heavy (non-hydrogen) atoms. The fourth-order valence-corrected chi connectivity index (χ4v) is 2.68. The standard InChI is InChI=1S/C19H30N2O2/c1-18(2,3)15-9-7-14(8-10-15)16-13-21(12-11-20-16)17(22)23-19(4,5)6/h7-10,16,20H,11-13H2,1-6H3/t16-/m1/s1. The van der Waals surface area contributed by atoms with Crippen LogP contribution in [0.1, 0.15) is 58.7 Å². The minimum atomic E-state index is -0.453. The lowest BCUT2D eigenvalue weighted by Gasteiger charge is -2.35. The van der Waals surface area contributed by atoms with Gasteiger partial charge in [0, 0.05) is 19.6 Å². The van der Waals surface area contributed by atoms with E-state index in [1.165, 1.54) is 11.1 Å². The lowest BCUT2D eigenvalue weighted by Crippen LogP contribution is -2.49. The second-order valence-electron chi connectivity index (χ2n) is 8.31. The van der Waals surface area contributed by atoms with Crippen LogP contribution in [0.5, 0.6) is 0 Å². The Hall–Kier alpha value is -1.55. The molecule has 0 unspecified atom stereocenters. The molecule has 1 aliphatic heterocycles. The zero-order chi connectivity index (χ0) is 17.3. The zero-order valence-corrected chi connectivity index (χ0v) is 15.3. The van der Waals surface area contributed by atoms with E-state index in [9.17, 15) is 4.79 Å². The van der Waals surface area contributed by atoms with Crippen molar-refractivity contribution in [2.45, 2.75) is 58.6 Å². The molecule has 1 N–H and O–H groups in total. The molecule has 4 heteroatoms. The number of rotatable bonds is 1. The fraction of sp³-hybridized carbons (Fsp3) is 0.632. The summed E-state index contributed by atoms with van der Waals surface area (Å²) in [6, 6.07) is 8.85. The smallest absolute Gasteiger partial charge is 0.410 e. The number of ether oxygens (including phenoxy) is 1. The van der Waals surface area contributed by atoms with Gasteiger partial charge in [-0.15, -0.1) is 0 Å². The van der Waals surface area contributed by atoms with Crippen LogP contribution in [-0.2, 0) is 10.2 Å². The molecule has 1 heterocycles. The predicted molar refractivity (Wildman–Crippen MR) is 93.7 cm³/mol. The molecular formula is C19H30N2O2. The van der Waals surface area contributed by atoms with Gasteiger partial charge in [0.25, 0.3) is 0 Å². The number of nitrogens with one attached hydrogen (secondary N) is 1. The Morgan fingerprint density at radius 2 is 1.74 bits per heavy atom. The summed E-state index contributed by atoms with van der Waals surface area (Å²) in [7, 11) is 0. The van der Waals surface area contributed by atoms with Gasteiger partial charge in [-0.25, -0.2) is 4.79 Å². The quantitative estimate of drug-likeness (QED) is 0.855. The van der Waals surface area contributed by atoms with Crippen molar-refractivity contribution in [3.8, 4) is 0 Å². The molecule has 0 radical (unpaired) electrons. The van der Waals surface area contributed by atoms with E-state index in [-0.39, 0.29) is 17.6 Å². The van der Waals surface area contributed by atoms with Gasteiger partial charge in [0.05, 0.1) is 6.04 Å². The number of nitrogens with zero attached hydrogens (tertiary/aromatic N) is 1. The minimum absolute atomic E-state index is 0.154. The number of carbonyl (C=O) groups is 1. The van der Waals surface area contributed by atoms with Gasteiger partial charge in [-0.2, -0.15) is 0 Å². The second kappa shape index (κ2) is 6.52. The van der Waals surface area contributed by atoms with Crippen LogP contribution in [0.25, 0.3) is 0 Å². The molecule has 4 nitrogen and oxygen atoms in total. The predicted octanol–water partition coefficient (Wildman–Crippen LogP) is 3.87. The highest BCUT2D eigenvalue weighted by molar-refractivity contribution is 5.68. The summed E-state index contributed by atoms with van der Waals surface area (Å²) < 4.78 is 5.48. The maximum absolute atomic E-state index is 12.3. The Labute approximate surface area is 140 Å². The Morgan fingerprint density at radius 3 is 2.26 bits per heavy atom. The topological polar surface area (TPSA) is 41.6 Å². The molecule has 1 amide bonds. The molecule has 128 valence electrons. The Morgan fingerprint density at radius 1 is 1.13 bits per heavy atom. The summed E-state index contributed by atoms with van der Waals surface area (Å²) in [5.74, 6) is 0. The summed E-state index contributed by atoms with van der Waals surface area (Å²) in [4.78, 5) is 14.0. The third-order valence-corrected chi connectivity index (χ3v) is 4.01. The number of amides is 1. The third kappa shape index (κ3) is 4.96. The summed E-state index contributed by atoms with van der Waals surface area (Å²) in [6.07, 6.45) is -0.227. The van der Waals surface area contributed by atoms with E-state index in [1.807, 2.05) is 20.8 Å². The summed E-state index contributed by atoms with van der Waals surface area (Å²) in [6.45, 7) is 14.4. The first-order chi connectivity index (χ1) is 10.6. The molecule has 1 saturated heterocycles. The zero-order valence-electron chi connectivity index (χ0n) is 15.3. The average molecular weight is 318 g/mol. The van der Waals surface area contributed by atoms with E-state index in [0.717, 1.165) is 6.54 Å². The molecule has 0 saturated carbocycles. The van der Waals surface area contributed by atoms with Crippen LogP contribution in [-0.4, -0.2) is 36.2 Å². The van der Waals surface area contributed by atoms with Gasteiger partial charge in [-0.3, -0.25) is 0 Å². The highest BCUT2D eigenvalue weighted by atomic mass is 16.6. The van der Waals surface area contributed by atoms with Crippen molar-refractivity contribution in [3.63, 3.8) is 0 Å². The maximum atomic E-state index is 12.3.